The van der Waals surface area contributed by atoms with Gasteiger partial charge in [-0.25, -0.2) is 0 Å². The van der Waals surface area contributed by atoms with Crippen LogP contribution in [0.4, 0.5) is 0 Å². The Morgan fingerprint density at radius 2 is 2.00 bits per heavy atom. The molecule has 0 unspecified atom stereocenters. The van der Waals surface area contributed by atoms with E-state index in [1.165, 1.54) is 7.16 Å². The van der Waals surface area contributed by atoms with Gasteiger partial charge in [0.15, 0.2) is 0 Å². The molecular weight excluding hydrogens is 314 g/mol. The number of rotatable bonds is 1. The minimum Gasteiger partial charge on any atom is -0.0980 e. The van der Waals surface area contributed by atoms with E-state index in [0.29, 0.717) is 0 Å². The smallest absolute Gasteiger partial charge is 0.0214 e. The average Bonchev–Trinajstić information content (AvgIpc) is 1.65. The Hall–Kier alpha value is 0.940. The molecule has 40 valence electrons. The van der Waals surface area contributed by atoms with Crippen LogP contribution in [0.3, 0.4) is 0 Å². The Balaban J connectivity index is 3.98. The maximum atomic E-state index is 3.61. The molecule has 0 aliphatic heterocycles. The molecule has 0 bridgehead atoms. The van der Waals surface area contributed by atoms with E-state index in [-0.39, 0.29) is 0 Å². The zero-order chi connectivity index (χ0) is 5.86. The van der Waals surface area contributed by atoms with Crippen LogP contribution >= 0.6 is 45.2 Å². The summed E-state index contributed by atoms with van der Waals surface area (Å²) in [5.74, 6) is 0. The molecule has 0 amide bonds. The highest BCUT2D eigenvalue weighted by molar-refractivity contribution is 14.1. The third-order valence-corrected chi connectivity index (χ3v) is 3.37. The van der Waals surface area contributed by atoms with Crippen molar-refractivity contribution in [3.8, 4) is 0 Å². The maximum absolute atomic E-state index is 3.61. The molecule has 0 radical (unpaired) electrons. The Bertz CT molecular complexity index is 98.6. The van der Waals surface area contributed by atoms with Gasteiger partial charge in [0.25, 0.3) is 0 Å². The van der Waals surface area contributed by atoms with Crippen LogP contribution < -0.4 is 0 Å². The van der Waals surface area contributed by atoms with Crippen molar-refractivity contribution < 1.29 is 0 Å². The van der Waals surface area contributed by atoms with Crippen molar-refractivity contribution in [2.75, 3.05) is 0 Å². The van der Waals surface area contributed by atoms with Crippen LogP contribution in [0.25, 0.3) is 0 Å². The van der Waals surface area contributed by atoms with Gasteiger partial charge in [-0.3, -0.25) is 0 Å². The van der Waals surface area contributed by atoms with Crippen LogP contribution in [0.5, 0.6) is 0 Å². The lowest BCUT2D eigenvalue weighted by molar-refractivity contribution is 1.71. The Labute approximate surface area is 71.3 Å². The molecule has 0 aliphatic rings. The van der Waals surface area contributed by atoms with Gasteiger partial charge in [0.05, 0.1) is 0 Å². The van der Waals surface area contributed by atoms with Gasteiger partial charge in [-0.05, 0) is 52.1 Å². The first-order valence-corrected chi connectivity index (χ1v) is 3.98. The first-order chi connectivity index (χ1) is 3.18. The lowest BCUT2D eigenvalue weighted by atomic mass is 10.5. The molecule has 0 heterocycles. The fourth-order valence-corrected chi connectivity index (χ4v) is 0.361. The molecule has 0 spiro atoms. The highest BCUT2D eigenvalue weighted by Crippen LogP contribution is 2.17. The standard InChI is InChI=1S/C5H6I2/c1-3-5(7)4(2)6/h3H,1H2,2H3/b5-4+. The Morgan fingerprint density at radius 3 is 2.00 bits per heavy atom. The number of hydrogen-bond acceptors (Lipinski definition) is 0. The number of hydrogen-bond donors (Lipinski definition) is 0. The predicted octanol–water partition coefficient (Wildman–Crippen LogP) is 3.27. The molecule has 0 N–H and O–H groups in total. The first kappa shape index (κ1) is 7.94. The third-order valence-electron chi connectivity index (χ3n) is 0.508. The molecule has 0 fully saturated rings. The molecule has 0 rings (SSSR count). The van der Waals surface area contributed by atoms with Crippen LogP contribution in [-0.2, 0) is 0 Å². The Kier molecular flexibility index (Phi) is 4.41. The summed E-state index contributed by atoms with van der Waals surface area (Å²) in [4.78, 5) is 0. The van der Waals surface area contributed by atoms with Crippen LogP contribution in [0, 0.1) is 0 Å². The van der Waals surface area contributed by atoms with E-state index in [2.05, 4.69) is 58.7 Å². The van der Waals surface area contributed by atoms with Crippen LogP contribution in [0.2, 0.25) is 0 Å². The molecule has 0 saturated heterocycles. The quantitative estimate of drug-likeness (QED) is 0.514. The summed E-state index contributed by atoms with van der Waals surface area (Å²) in [6.45, 7) is 5.67. The SMILES string of the molecule is C=C/C(I)=C(/C)I. The second-order valence-electron chi connectivity index (χ2n) is 1.09. The van der Waals surface area contributed by atoms with E-state index < -0.39 is 0 Å². The normalized spacial score (nSPS) is 13.0. The van der Waals surface area contributed by atoms with Crippen LogP contribution in [0.1, 0.15) is 6.92 Å². The van der Waals surface area contributed by atoms with Crippen molar-refractivity contribution in [3.63, 3.8) is 0 Å². The molecule has 0 aromatic carbocycles. The first-order valence-electron chi connectivity index (χ1n) is 1.82. The molecule has 7 heavy (non-hydrogen) atoms. The zero-order valence-corrected chi connectivity index (χ0v) is 8.36. The van der Waals surface area contributed by atoms with E-state index in [4.69, 9.17) is 0 Å². The van der Waals surface area contributed by atoms with E-state index >= 15 is 0 Å². The summed E-state index contributed by atoms with van der Waals surface area (Å²) in [5.41, 5.74) is 0. The molecule has 0 atom stereocenters. The van der Waals surface area contributed by atoms with Crippen molar-refractivity contribution in [3.05, 3.63) is 19.8 Å². The molecule has 2 heteroatoms. The lowest BCUT2D eigenvalue weighted by Crippen LogP contribution is -1.59. The molecule has 0 nitrogen and oxygen atoms in total. The van der Waals surface area contributed by atoms with Gasteiger partial charge in [0.2, 0.25) is 0 Å². The van der Waals surface area contributed by atoms with E-state index in [1.54, 1.807) is 0 Å². The average molecular weight is 320 g/mol. The van der Waals surface area contributed by atoms with Crippen molar-refractivity contribution in [2.45, 2.75) is 6.92 Å². The molecular formula is C5H6I2. The fourth-order valence-electron chi connectivity index (χ4n) is 0.141. The van der Waals surface area contributed by atoms with Gasteiger partial charge in [-0.1, -0.05) is 12.7 Å². The molecule has 0 aromatic rings. The second kappa shape index (κ2) is 3.88. The zero-order valence-electron chi connectivity index (χ0n) is 4.04. The van der Waals surface area contributed by atoms with Crippen molar-refractivity contribution in [1.82, 2.24) is 0 Å². The highest BCUT2D eigenvalue weighted by Gasteiger charge is 1.83. The minimum absolute atomic E-state index is 1.23. The summed E-state index contributed by atoms with van der Waals surface area (Å²) in [5, 5.41) is 0. The van der Waals surface area contributed by atoms with Gasteiger partial charge in [0, 0.05) is 7.16 Å². The number of halogens is 2. The predicted molar refractivity (Wildman–Crippen MR) is 50.9 cm³/mol. The van der Waals surface area contributed by atoms with Gasteiger partial charge in [0.1, 0.15) is 0 Å². The number of allylic oxidation sites excluding steroid dienone is 3. The van der Waals surface area contributed by atoms with Crippen molar-refractivity contribution >= 4 is 45.2 Å². The summed E-state index contributed by atoms with van der Waals surface area (Å²) >= 11 is 4.52. The molecule has 0 aliphatic carbocycles. The van der Waals surface area contributed by atoms with E-state index in [0.717, 1.165) is 0 Å². The summed E-state index contributed by atoms with van der Waals surface area (Å²) in [6, 6.07) is 0. The monoisotopic (exact) mass is 320 g/mol. The Morgan fingerprint density at radius 1 is 1.57 bits per heavy atom. The summed E-state index contributed by atoms with van der Waals surface area (Å²) in [7, 11) is 0. The molecule has 0 aromatic heterocycles. The second-order valence-corrected chi connectivity index (χ2v) is 3.87. The highest BCUT2D eigenvalue weighted by atomic mass is 127. The van der Waals surface area contributed by atoms with Crippen LogP contribution in [-0.4, -0.2) is 0 Å². The van der Waals surface area contributed by atoms with Gasteiger partial charge >= 0.3 is 0 Å². The third kappa shape index (κ3) is 3.52. The fraction of sp³-hybridized carbons (Fsp3) is 0.200. The van der Waals surface area contributed by atoms with E-state index in [1.807, 2.05) is 6.08 Å². The van der Waals surface area contributed by atoms with Gasteiger partial charge in [-0.15, -0.1) is 0 Å². The largest absolute Gasteiger partial charge is 0.0980 e. The molecule has 0 saturated carbocycles. The van der Waals surface area contributed by atoms with E-state index in [9.17, 15) is 0 Å². The summed E-state index contributed by atoms with van der Waals surface area (Å²) in [6.07, 6.45) is 1.85. The lowest BCUT2D eigenvalue weighted by Gasteiger charge is -1.85. The van der Waals surface area contributed by atoms with Crippen LogP contribution in [0.15, 0.2) is 19.8 Å². The van der Waals surface area contributed by atoms with Crippen molar-refractivity contribution in [1.29, 1.82) is 0 Å². The topological polar surface area (TPSA) is 0 Å². The minimum atomic E-state index is 1.23. The van der Waals surface area contributed by atoms with Crippen molar-refractivity contribution in [2.24, 2.45) is 0 Å². The van der Waals surface area contributed by atoms with Gasteiger partial charge < -0.3 is 0 Å². The maximum Gasteiger partial charge on any atom is 0.0214 e. The van der Waals surface area contributed by atoms with Gasteiger partial charge in [-0.2, -0.15) is 0 Å². The summed E-state index contributed by atoms with van der Waals surface area (Å²) < 4.78 is 2.53.